The number of nitrogens with zero attached hydrogens (tertiary/aromatic N) is 7. The van der Waals surface area contributed by atoms with E-state index in [1.165, 1.54) is 19.2 Å². The van der Waals surface area contributed by atoms with Crippen molar-refractivity contribution in [1.29, 1.82) is 0 Å². The van der Waals surface area contributed by atoms with Crippen LogP contribution in [0, 0.1) is 17.0 Å². The summed E-state index contributed by atoms with van der Waals surface area (Å²) >= 11 is 0. The first-order valence-corrected chi connectivity index (χ1v) is 8.01. The zero-order chi connectivity index (χ0) is 21.1. The predicted molar refractivity (Wildman–Crippen MR) is 97.7 cm³/mol. The molecule has 0 fully saturated rings. The summed E-state index contributed by atoms with van der Waals surface area (Å²) in [6.45, 7) is 3.14. The third kappa shape index (κ3) is 3.71. The summed E-state index contributed by atoms with van der Waals surface area (Å²) in [6.07, 6.45) is 0. The first-order valence-electron chi connectivity index (χ1n) is 8.01. The molecular formula is C15H15N9O5. The second kappa shape index (κ2) is 7.71. The zero-order valence-corrected chi connectivity index (χ0v) is 15.5. The molecule has 0 bridgehead atoms. The molecular weight excluding hydrogens is 386 g/mol. The molecule has 0 atom stereocenters. The highest BCUT2D eigenvalue weighted by atomic mass is 16.6. The molecule has 0 unspecified atom stereocenters. The number of rotatable bonds is 6. The Morgan fingerprint density at radius 3 is 2.79 bits per heavy atom. The van der Waals surface area contributed by atoms with Crippen LogP contribution >= 0.6 is 0 Å². The Labute approximate surface area is 162 Å². The minimum Gasteiger partial charge on any atom is -0.490 e. The molecule has 0 radical (unpaired) electrons. The molecule has 3 rings (SSSR count). The first kappa shape index (κ1) is 19.4. The van der Waals surface area contributed by atoms with Gasteiger partial charge in [0.15, 0.2) is 11.4 Å². The summed E-state index contributed by atoms with van der Waals surface area (Å²) in [7, 11) is 1.33. The molecule has 0 aliphatic rings. The SMILES string of the molecule is COc1ccc(/C(C)=N\NC(=O)c2c(C)nnn2-c2nonc2N)cc1[N+](=O)[O-]. The largest absolute Gasteiger partial charge is 0.490 e. The standard InChI is InChI=1S/C15H15N9O5/c1-7(9-4-5-11(28-3)10(6-9)24(26)27)17-19-15(25)12-8(2)18-22-23(12)14-13(16)20-29-21-14/h4-6H,1-3H3,(H2,16,20)(H,19,25)/b17-7-. The number of hydrogen-bond acceptors (Lipinski definition) is 11. The van der Waals surface area contributed by atoms with Gasteiger partial charge in [-0.2, -0.15) is 9.78 Å². The number of hydrogen-bond donors (Lipinski definition) is 2. The number of benzene rings is 1. The number of nitro benzene ring substituents is 1. The number of methoxy groups -OCH3 is 1. The number of nitrogens with two attached hydrogens (primary N) is 1. The minimum absolute atomic E-state index is 0.00207. The van der Waals surface area contributed by atoms with Crippen LogP contribution in [0.1, 0.15) is 28.7 Å². The topological polar surface area (TPSA) is 189 Å². The maximum atomic E-state index is 12.6. The van der Waals surface area contributed by atoms with Gasteiger partial charge in [-0.05, 0) is 36.3 Å². The fourth-order valence-electron chi connectivity index (χ4n) is 2.41. The Balaban J connectivity index is 1.87. The highest BCUT2D eigenvalue weighted by Gasteiger charge is 2.23. The Kier molecular flexibility index (Phi) is 5.16. The van der Waals surface area contributed by atoms with E-state index >= 15 is 0 Å². The van der Waals surface area contributed by atoms with Gasteiger partial charge >= 0.3 is 5.69 Å². The van der Waals surface area contributed by atoms with Crippen molar-refractivity contribution in [3.05, 3.63) is 45.3 Å². The van der Waals surface area contributed by atoms with Crippen molar-refractivity contribution in [2.75, 3.05) is 12.8 Å². The van der Waals surface area contributed by atoms with Crippen molar-refractivity contribution in [2.45, 2.75) is 13.8 Å². The van der Waals surface area contributed by atoms with E-state index in [-0.39, 0.29) is 34.5 Å². The van der Waals surface area contributed by atoms with E-state index in [0.29, 0.717) is 11.3 Å². The summed E-state index contributed by atoms with van der Waals surface area (Å²) in [4.78, 5) is 23.2. The van der Waals surface area contributed by atoms with E-state index in [2.05, 4.69) is 35.8 Å². The molecule has 1 amide bonds. The van der Waals surface area contributed by atoms with Crippen LogP contribution in [0.4, 0.5) is 11.5 Å². The molecule has 0 saturated carbocycles. The van der Waals surface area contributed by atoms with Gasteiger partial charge in [-0.3, -0.25) is 14.9 Å². The molecule has 150 valence electrons. The summed E-state index contributed by atoms with van der Waals surface area (Å²) in [5, 5.41) is 29.8. The number of hydrazone groups is 1. The third-order valence-electron chi connectivity index (χ3n) is 3.87. The maximum absolute atomic E-state index is 12.6. The number of aromatic nitrogens is 5. The number of nitro groups is 1. The number of nitrogen functional groups attached to an aromatic ring is 1. The Bertz CT molecular complexity index is 1120. The molecule has 3 N–H and O–H groups in total. The minimum atomic E-state index is -0.655. The number of anilines is 1. The van der Waals surface area contributed by atoms with Gasteiger partial charge in [0.1, 0.15) is 0 Å². The average Bonchev–Trinajstić information content (AvgIpc) is 3.30. The first-order chi connectivity index (χ1) is 13.8. The Hall–Kier alpha value is -4.36. The molecule has 29 heavy (non-hydrogen) atoms. The highest BCUT2D eigenvalue weighted by molar-refractivity contribution is 6.01. The number of aryl methyl sites for hydroxylation is 1. The van der Waals surface area contributed by atoms with Crippen molar-refractivity contribution in [3.8, 4) is 11.6 Å². The van der Waals surface area contributed by atoms with E-state index in [9.17, 15) is 14.9 Å². The summed E-state index contributed by atoms with van der Waals surface area (Å²) in [6, 6.07) is 4.32. The number of carbonyl (C=O) groups excluding carboxylic acids is 1. The maximum Gasteiger partial charge on any atom is 0.311 e. The Morgan fingerprint density at radius 1 is 1.41 bits per heavy atom. The lowest BCUT2D eigenvalue weighted by Crippen LogP contribution is -2.24. The van der Waals surface area contributed by atoms with Crippen LogP contribution in [0.3, 0.4) is 0 Å². The molecule has 0 spiro atoms. The summed E-state index contributed by atoms with van der Waals surface area (Å²) in [5.41, 5.74) is 8.81. The molecule has 0 saturated heterocycles. The van der Waals surface area contributed by atoms with Crippen LogP contribution in [-0.2, 0) is 0 Å². The van der Waals surface area contributed by atoms with Crippen LogP contribution in [0.5, 0.6) is 5.75 Å². The third-order valence-corrected chi connectivity index (χ3v) is 3.87. The predicted octanol–water partition coefficient (Wildman–Crippen LogP) is 0.612. The number of carbonyl (C=O) groups is 1. The van der Waals surface area contributed by atoms with Gasteiger partial charge in [-0.1, -0.05) is 5.21 Å². The number of ether oxygens (including phenoxy) is 1. The van der Waals surface area contributed by atoms with E-state index in [1.807, 2.05) is 0 Å². The average molecular weight is 401 g/mol. The molecule has 2 aromatic heterocycles. The van der Waals surface area contributed by atoms with Crippen molar-refractivity contribution >= 4 is 23.1 Å². The lowest BCUT2D eigenvalue weighted by molar-refractivity contribution is -0.385. The summed E-state index contributed by atoms with van der Waals surface area (Å²) in [5.74, 6) is -0.617. The van der Waals surface area contributed by atoms with E-state index in [4.69, 9.17) is 10.5 Å². The van der Waals surface area contributed by atoms with Crippen LogP contribution in [0.15, 0.2) is 27.9 Å². The zero-order valence-electron chi connectivity index (χ0n) is 15.5. The smallest absolute Gasteiger partial charge is 0.311 e. The number of nitrogens with one attached hydrogen (secondary N) is 1. The van der Waals surface area contributed by atoms with Gasteiger partial charge in [-0.25, -0.2) is 10.1 Å². The van der Waals surface area contributed by atoms with Crippen molar-refractivity contribution < 1.29 is 19.1 Å². The van der Waals surface area contributed by atoms with Crippen LogP contribution in [0.2, 0.25) is 0 Å². The van der Waals surface area contributed by atoms with E-state index in [0.717, 1.165) is 4.68 Å². The van der Waals surface area contributed by atoms with Gasteiger partial charge < -0.3 is 10.5 Å². The normalized spacial score (nSPS) is 11.3. The fraction of sp³-hybridized carbons (Fsp3) is 0.200. The van der Waals surface area contributed by atoms with Gasteiger partial charge in [0, 0.05) is 11.6 Å². The second-order valence-electron chi connectivity index (χ2n) is 5.69. The molecule has 14 heteroatoms. The van der Waals surface area contributed by atoms with E-state index in [1.54, 1.807) is 19.9 Å². The molecule has 1 aromatic carbocycles. The lowest BCUT2D eigenvalue weighted by Gasteiger charge is -2.06. The molecule has 0 aliphatic heterocycles. The second-order valence-corrected chi connectivity index (χ2v) is 5.69. The van der Waals surface area contributed by atoms with Gasteiger partial charge in [0.05, 0.1) is 23.4 Å². The van der Waals surface area contributed by atoms with Gasteiger partial charge in [-0.15, -0.1) is 5.10 Å². The van der Waals surface area contributed by atoms with Crippen molar-refractivity contribution in [1.82, 2.24) is 30.7 Å². The molecule has 2 heterocycles. The van der Waals surface area contributed by atoms with Crippen LogP contribution in [0.25, 0.3) is 5.82 Å². The quantitative estimate of drug-likeness (QED) is 0.336. The van der Waals surface area contributed by atoms with Crippen molar-refractivity contribution in [2.24, 2.45) is 5.10 Å². The lowest BCUT2D eigenvalue weighted by atomic mass is 10.1. The molecule has 0 aliphatic carbocycles. The van der Waals surface area contributed by atoms with Gasteiger partial charge in [0.2, 0.25) is 11.6 Å². The van der Waals surface area contributed by atoms with E-state index < -0.39 is 10.8 Å². The number of amides is 1. The van der Waals surface area contributed by atoms with Gasteiger partial charge in [0.25, 0.3) is 5.91 Å². The van der Waals surface area contributed by atoms with Crippen molar-refractivity contribution in [3.63, 3.8) is 0 Å². The molecule has 14 nitrogen and oxygen atoms in total. The molecule has 3 aromatic rings. The monoisotopic (exact) mass is 401 g/mol. The highest BCUT2D eigenvalue weighted by Crippen LogP contribution is 2.27. The summed E-state index contributed by atoms with van der Waals surface area (Å²) < 4.78 is 10.5. The Morgan fingerprint density at radius 2 is 2.17 bits per heavy atom. The van der Waals surface area contributed by atoms with Crippen LogP contribution in [-0.4, -0.2) is 49.0 Å². The van der Waals surface area contributed by atoms with Crippen LogP contribution < -0.4 is 15.9 Å². The fourth-order valence-corrected chi connectivity index (χ4v) is 2.41.